The van der Waals surface area contributed by atoms with Crippen LogP contribution in [0, 0.1) is 6.92 Å². The number of aromatic nitrogens is 1. The smallest absolute Gasteiger partial charge is 0.319 e. The van der Waals surface area contributed by atoms with Gasteiger partial charge in [-0.2, -0.15) is 8.78 Å². The van der Waals surface area contributed by atoms with Crippen molar-refractivity contribution in [2.75, 3.05) is 5.32 Å². The fraction of sp³-hybridized carbons (Fsp3) is 0.294. The predicted octanol–water partition coefficient (Wildman–Crippen LogP) is 3.58. The number of alkyl halides is 2. The summed E-state index contributed by atoms with van der Waals surface area (Å²) >= 11 is 0. The number of carbonyl (C=O) groups is 2. The molecule has 2 aromatic rings. The number of halogens is 2. The summed E-state index contributed by atoms with van der Waals surface area (Å²) in [6.45, 7) is 2.42. The molecule has 0 bridgehead atoms. The van der Waals surface area contributed by atoms with Gasteiger partial charge in [-0.25, -0.2) is 0 Å². The molecule has 0 saturated carbocycles. The van der Waals surface area contributed by atoms with Crippen molar-refractivity contribution < 1.29 is 18.4 Å². The highest BCUT2D eigenvalue weighted by molar-refractivity contribution is 6.03. The van der Waals surface area contributed by atoms with Crippen LogP contribution in [0.3, 0.4) is 0 Å². The lowest BCUT2D eigenvalue weighted by atomic mass is 10.2. The Bertz CT molecular complexity index is 737. The monoisotopic (exact) mass is 335 g/mol. The lowest BCUT2D eigenvalue weighted by molar-refractivity contribution is 0.0632. The molecule has 2 rings (SSSR count). The van der Waals surface area contributed by atoms with Gasteiger partial charge in [-0.15, -0.1) is 0 Å². The minimum absolute atomic E-state index is 0.0160. The SMILES string of the molecule is Cc1ccc(C(=O)Nc2ccc(C(=O)NC(C)C)cc2)n1C(F)F. The van der Waals surface area contributed by atoms with E-state index in [0.29, 0.717) is 21.5 Å². The van der Waals surface area contributed by atoms with Crippen molar-refractivity contribution in [2.24, 2.45) is 0 Å². The third kappa shape index (κ3) is 3.98. The molecule has 0 spiro atoms. The molecule has 0 radical (unpaired) electrons. The summed E-state index contributed by atoms with van der Waals surface area (Å²) in [5.41, 5.74) is 1.05. The minimum Gasteiger partial charge on any atom is -0.350 e. The Kier molecular flexibility index (Phi) is 5.33. The summed E-state index contributed by atoms with van der Waals surface area (Å²) in [5, 5.41) is 5.30. The van der Waals surface area contributed by atoms with Gasteiger partial charge in [0.1, 0.15) is 5.69 Å². The zero-order valence-corrected chi connectivity index (χ0v) is 13.6. The zero-order chi connectivity index (χ0) is 17.9. The molecule has 0 atom stereocenters. The fourth-order valence-corrected chi connectivity index (χ4v) is 2.24. The number of benzene rings is 1. The van der Waals surface area contributed by atoms with E-state index in [0.717, 1.165) is 0 Å². The maximum absolute atomic E-state index is 13.0. The second-order valence-corrected chi connectivity index (χ2v) is 5.67. The van der Waals surface area contributed by atoms with Crippen LogP contribution in [0.15, 0.2) is 36.4 Å². The van der Waals surface area contributed by atoms with Crippen LogP contribution in [0.2, 0.25) is 0 Å². The van der Waals surface area contributed by atoms with Gasteiger partial charge >= 0.3 is 6.55 Å². The molecule has 1 heterocycles. The minimum atomic E-state index is -2.79. The average molecular weight is 335 g/mol. The van der Waals surface area contributed by atoms with E-state index in [2.05, 4.69) is 10.6 Å². The summed E-state index contributed by atoms with van der Waals surface area (Å²) in [4.78, 5) is 24.0. The van der Waals surface area contributed by atoms with Gasteiger partial charge in [0.15, 0.2) is 0 Å². The number of hydrogen-bond acceptors (Lipinski definition) is 2. The summed E-state index contributed by atoms with van der Waals surface area (Å²) in [6, 6.07) is 9.05. The van der Waals surface area contributed by atoms with E-state index in [1.165, 1.54) is 19.1 Å². The molecule has 2 amide bonds. The first-order valence-corrected chi connectivity index (χ1v) is 7.48. The predicted molar refractivity (Wildman–Crippen MR) is 87.4 cm³/mol. The number of hydrogen-bond donors (Lipinski definition) is 2. The maximum Gasteiger partial charge on any atom is 0.319 e. The Morgan fingerprint density at radius 1 is 1.00 bits per heavy atom. The van der Waals surface area contributed by atoms with E-state index in [1.54, 1.807) is 24.3 Å². The molecule has 2 N–H and O–H groups in total. The van der Waals surface area contributed by atoms with Crippen molar-refractivity contribution in [2.45, 2.75) is 33.4 Å². The first-order chi connectivity index (χ1) is 11.3. The maximum atomic E-state index is 13.0. The zero-order valence-electron chi connectivity index (χ0n) is 13.6. The number of amides is 2. The summed E-state index contributed by atoms with van der Waals surface area (Å²) in [5.74, 6) is -0.854. The van der Waals surface area contributed by atoms with Crippen LogP contribution in [-0.4, -0.2) is 22.4 Å². The summed E-state index contributed by atoms with van der Waals surface area (Å²) < 4.78 is 26.7. The van der Waals surface area contributed by atoms with Gasteiger partial charge in [0, 0.05) is 23.0 Å². The molecule has 24 heavy (non-hydrogen) atoms. The molecule has 0 aliphatic heterocycles. The third-order valence-corrected chi connectivity index (χ3v) is 3.37. The molecule has 7 heteroatoms. The molecule has 0 unspecified atom stereocenters. The lowest BCUT2D eigenvalue weighted by Crippen LogP contribution is -2.30. The molecule has 0 saturated heterocycles. The second-order valence-electron chi connectivity index (χ2n) is 5.67. The Labute approximate surface area is 138 Å². The van der Waals surface area contributed by atoms with Gasteiger partial charge in [-0.1, -0.05) is 0 Å². The number of rotatable bonds is 5. The van der Waals surface area contributed by atoms with Crippen molar-refractivity contribution in [3.05, 3.63) is 53.3 Å². The van der Waals surface area contributed by atoms with Crippen LogP contribution in [0.1, 0.15) is 46.9 Å². The van der Waals surface area contributed by atoms with Gasteiger partial charge in [-0.05, 0) is 57.2 Å². The van der Waals surface area contributed by atoms with Crippen molar-refractivity contribution in [3.8, 4) is 0 Å². The van der Waals surface area contributed by atoms with Crippen molar-refractivity contribution in [1.82, 2.24) is 9.88 Å². The van der Waals surface area contributed by atoms with Crippen LogP contribution >= 0.6 is 0 Å². The number of nitrogens with one attached hydrogen (secondary N) is 2. The van der Waals surface area contributed by atoms with Crippen LogP contribution in [-0.2, 0) is 0 Å². The highest BCUT2D eigenvalue weighted by atomic mass is 19.3. The summed E-state index contributed by atoms with van der Waals surface area (Å²) in [6.07, 6.45) is 0. The number of carbonyl (C=O) groups excluding carboxylic acids is 2. The molecule has 0 aliphatic carbocycles. The van der Waals surface area contributed by atoms with Gasteiger partial charge in [-0.3, -0.25) is 14.2 Å². The lowest BCUT2D eigenvalue weighted by Gasteiger charge is -2.11. The van der Waals surface area contributed by atoms with Crippen molar-refractivity contribution in [3.63, 3.8) is 0 Å². The first-order valence-electron chi connectivity index (χ1n) is 7.48. The summed E-state index contributed by atoms with van der Waals surface area (Å²) in [7, 11) is 0. The Morgan fingerprint density at radius 2 is 1.62 bits per heavy atom. The van der Waals surface area contributed by atoms with E-state index >= 15 is 0 Å². The Morgan fingerprint density at radius 3 is 2.17 bits per heavy atom. The quantitative estimate of drug-likeness (QED) is 0.877. The molecule has 0 fully saturated rings. The van der Waals surface area contributed by atoms with E-state index in [-0.39, 0.29) is 17.6 Å². The third-order valence-electron chi connectivity index (χ3n) is 3.37. The number of nitrogens with zero attached hydrogens (tertiary/aromatic N) is 1. The molecular formula is C17H19F2N3O2. The number of anilines is 1. The van der Waals surface area contributed by atoms with E-state index in [9.17, 15) is 18.4 Å². The van der Waals surface area contributed by atoms with Crippen LogP contribution < -0.4 is 10.6 Å². The fourth-order valence-electron chi connectivity index (χ4n) is 2.24. The molecule has 1 aromatic heterocycles. The molecule has 5 nitrogen and oxygen atoms in total. The van der Waals surface area contributed by atoms with Crippen molar-refractivity contribution >= 4 is 17.5 Å². The average Bonchev–Trinajstić information content (AvgIpc) is 2.89. The van der Waals surface area contributed by atoms with Crippen molar-refractivity contribution in [1.29, 1.82) is 0 Å². The van der Waals surface area contributed by atoms with E-state index < -0.39 is 12.5 Å². The topological polar surface area (TPSA) is 63.1 Å². The normalized spacial score (nSPS) is 11.0. The van der Waals surface area contributed by atoms with E-state index in [4.69, 9.17) is 0 Å². The highest BCUT2D eigenvalue weighted by Crippen LogP contribution is 2.20. The molecular weight excluding hydrogens is 316 g/mol. The Balaban J connectivity index is 2.12. The van der Waals surface area contributed by atoms with Crippen LogP contribution in [0.5, 0.6) is 0 Å². The van der Waals surface area contributed by atoms with Crippen LogP contribution in [0.25, 0.3) is 0 Å². The standard InChI is InChI=1S/C17H19F2N3O2/c1-10(2)20-15(23)12-5-7-13(8-6-12)21-16(24)14-9-4-11(3)22(14)17(18)19/h4-10,17H,1-3H3,(H,20,23)(H,21,24). The molecule has 1 aromatic carbocycles. The number of aryl methyl sites for hydroxylation is 1. The van der Waals surface area contributed by atoms with Gasteiger partial charge < -0.3 is 10.6 Å². The second kappa shape index (κ2) is 7.25. The van der Waals surface area contributed by atoms with Gasteiger partial charge in [0.2, 0.25) is 0 Å². The van der Waals surface area contributed by atoms with Gasteiger partial charge in [0.05, 0.1) is 0 Å². The van der Waals surface area contributed by atoms with Gasteiger partial charge in [0.25, 0.3) is 11.8 Å². The molecule has 128 valence electrons. The highest BCUT2D eigenvalue weighted by Gasteiger charge is 2.19. The molecule has 0 aliphatic rings. The first kappa shape index (κ1) is 17.7. The van der Waals surface area contributed by atoms with Crippen LogP contribution in [0.4, 0.5) is 14.5 Å². The largest absolute Gasteiger partial charge is 0.350 e. The van der Waals surface area contributed by atoms with E-state index in [1.807, 2.05) is 13.8 Å². The Hall–Kier alpha value is -2.70.